The van der Waals surface area contributed by atoms with E-state index in [1.54, 1.807) is 9.47 Å². The summed E-state index contributed by atoms with van der Waals surface area (Å²) in [5.41, 5.74) is 8.69. The molecule has 0 aliphatic carbocycles. The monoisotopic (exact) mass is 504 g/mol. The second-order valence-electron chi connectivity index (χ2n) is 9.79. The molecule has 1 saturated heterocycles. The van der Waals surface area contributed by atoms with Crippen molar-refractivity contribution in [2.24, 2.45) is 0 Å². The molecule has 2 aromatic carbocycles. The standard InChI is InChI=1S/C26H29FN8O2/c1-26(2,3)37-25(36)34-14-12-33(13-15-34)18-10-8-17(9-11-18)30-22-19(27)16-29-24(32-22)35-21-7-5-4-6-20(21)31-23(35)28/h4-11,16H,12-15H2,1-3H3,(H2,28,31)(H,29,30,32). The molecule has 1 amide bonds. The van der Waals surface area contributed by atoms with Gasteiger partial charge in [-0.2, -0.15) is 4.98 Å². The van der Waals surface area contributed by atoms with E-state index < -0.39 is 11.4 Å². The van der Waals surface area contributed by atoms with E-state index in [1.165, 1.54) is 0 Å². The Morgan fingerprint density at radius 3 is 2.43 bits per heavy atom. The predicted molar refractivity (Wildman–Crippen MR) is 141 cm³/mol. The molecule has 3 heterocycles. The molecular weight excluding hydrogens is 475 g/mol. The van der Waals surface area contributed by atoms with E-state index in [2.05, 4.69) is 25.2 Å². The van der Waals surface area contributed by atoms with Crippen LogP contribution in [0.1, 0.15) is 20.8 Å². The topological polar surface area (TPSA) is 114 Å². The largest absolute Gasteiger partial charge is 0.444 e. The number of anilines is 4. The fraction of sp³-hybridized carbons (Fsp3) is 0.308. The molecule has 4 aromatic rings. The number of aromatic nitrogens is 4. The number of carbonyl (C=O) groups is 1. The molecule has 1 aliphatic heterocycles. The van der Waals surface area contributed by atoms with E-state index in [9.17, 15) is 9.18 Å². The summed E-state index contributed by atoms with van der Waals surface area (Å²) in [6, 6.07) is 15.0. The molecule has 0 unspecified atom stereocenters. The van der Waals surface area contributed by atoms with Crippen molar-refractivity contribution < 1.29 is 13.9 Å². The Balaban J connectivity index is 1.27. The van der Waals surface area contributed by atoms with E-state index in [0.29, 0.717) is 37.4 Å². The average molecular weight is 505 g/mol. The normalized spacial score (nSPS) is 14.2. The van der Waals surface area contributed by atoms with Gasteiger partial charge in [-0.15, -0.1) is 0 Å². The molecule has 3 N–H and O–H groups in total. The second kappa shape index (κ2) is 9.57. The highest BCUT2D eigenvalue weighted by Gasteiger charge is 2.26. The van der Waals surface area contributed by atoms with Crippen LogP contribution in [0.4, 0.5) is 32.3 Å². The number of ether oxygens (including phenoxy) is 1. The maximum atomic E-state index is 14.6. The summed E-state index contributed by atoms with van der Waals surface area (Å²) in [7, 11) is 0. The van der Waals surface area contributed by atoms with Crippen LogP contribution in [0.15, 0.2) is 54.7 Å². The molecule has 192 valence electrons. The number of fused-ring (bicyclic) bond motifs is 1. The van der Waals surface area contributed by atoms with Gasteiger partial charge < -0.3 is 25.6 Å². The van der Waals surface area contributed by atoms with Gasteiger partial charge in [0.1, 0.15) is 5.60 Å². The summed E-state index contributed by atoms with van der Waals surface area (Å²) in [5.74, 6) is -0.126. The number of hydrogen-bond donors (Lipinski definition) is 2. The number of imidazole rings is 1. The number of nitrogens with one attached hydrogen (secondary N) is 1. The number of para-hydroxylation sites is 2. The number of carbonyl (C=O) groups excluding carboxylic acids is 1. The minimum atomic E-state index is -0.589. The molecule has 0 atom stereocenters. The SMILES string of the molecule is CC(C)(C)OC(=O)N1CCN(c2ccc(Nc3nc(-n4c(N)nc5ccccc54)ncc3F)cc2)CC1. The van der Waals surface area contributed by atoms with Gasteiger partial charge in [0.2, 0.25) is 11.9 Å². The van der Waals surface area contributed by atoms with Crippen molar-refractivity contribution in [2.45, 2.75) is 26.4 Å². The summed E-state index contributed by atoms with van der Waals surface area (Å²) in [6.45, 7) is 8.12. The van der Waals surface area contributed by atoms with E-state index in [0.717, 1.165) is 17.4 Å². The molecule has 5 rings (SSSR count). The van der Waals surface area contributed by atoms with Crippen LogP contribution in [0.2, 0.25) is 0 Å². The fourth-order valence-corrected chi connectivity index (χ4v) is 4.17. The summed E-state index contributed by atoms with van der Waals surface area (Å²) < 4.78 is 21.6. The summed E-state index contributed by atoms with van der Waals surface area (Å²) in [5, 5.41) is 3.03. The zero-order chi connectivity index (χ0) is 26.2. The van der Waals surface area contributed by atoms with Gasteiger partial charge in [-0.1, -0.05) is 12.1 Å². The first-order valence-corrected chi connectivity index (χ1v) is 12.0. The minimum absolute atomic E-state index is 0.0286. The first-order valence-electron chi connectivity index (χ1n) is 12.0. The Morgan fingerprint density at radius 1 is 1.03 bits per heavy atom. The highest BCUT2D eigenvalue weighted by molar-refractivity contribution is 5.80. The van der Waals surface area contributed by atoms with Gasteiger partial charge >= 0.3 is 6.09 Å². The number of hydrogen-bond acceptors (Lipinski definition) is 8. The van der Waals surface area contributed by atoms with Crippen LogP contribution in [-0.2, 0) is 4.74 Å². The molecule has 10 nitrogen and oxygen atoms in total. The van der Waals surface area contributed by atoms with E-state index in [-0.39, 0.29) is 23.8 Å². The Labute approximate surface area is 213 Å². The van der Waals surface area contributed by atoms with Gasteiger partial charge in [-0.05, 0) is 57.2 Å². The van der Waals surface area contributed by atoms with Crippen molar-refractivity contribution in [3.8, 4) is 5.95 Å². The minimum Gasteiger partial charge on any atom is -0.444 e. The van der Waals surface area contributed by atoms with Crippen LogP contribution in [-0.4, -0.2) is 62.3 Å². The Hall–Kier alpha value is -4.41. The van der Waals surface area contributed by atoms with E-state index in [4.69, 9.17) is 10.5 Å². The molecule has 37 heavy (non-hydrogen) atoms. The van der Waals surface area contributed by atoms with Crippen LogP contribution in [0.3, 0.4) is 0 Å². The van der Waals surface area contributed by atoms with Gasteiger partial charge in [-0.25, -0.2) is 23.7 Å². The number of nitrogens with zero attached hydrogens (tertiary/aromatic N) is 6. The lowest BCUT2D eigenvalue weighted by atomic mass is 10.2. The number of halogens is 1. The Morgan fingerprint density at radius 2 is 1.73 bits per heavy atom. The quantitative estimate of drug-likeness (QED) is 0.422. The number of nitrogen functional groups attached to an aromatic ring is 1. The van der Waals surface area contributed by atoms with Gasteiger partial charge in [-0.3, -0.25) is 0 Å². The van der Waals surface area contributed by atoms with Crippen LogP contribution < -0.4 is 16.0 Å². The van der Waals surface area contributed by atoms with Crippen molar-refractivity contribution in [2.75, 3.05) is 42.1 Å². The third kappa shape index (κ3) is 5.25. The van der Waals surface area contributed by atoms with Crippen molar-refractivity contribution in [3.63, 3.8) is 0 Å². The van der Waals surface area contributed by atoms with Gasteiger partial charge in [0.05, 0.1) is 17.2 Å². The molecule has 0 spiro atoms. The smallest absolute Gasteiger partial charge is 0.410 e. The van der Waals surface area contributed by atoms with Gasteiger partial charge in [0.15, 0.2) is 11.6 Å². The third-order valence-corrected chi connectivity index (χ3v) is 5.94. The fourth-order valence-electron chi connectivity index (χ4n) is 4.17. The van der Waals surface area contributed by atoms with Crippen molar-refractivity contribution >= 4 is 40.3 Å². The van der Waals surface area contributed by atoms with Crippen LogP contribution in [0.25, 0.3) is 17.0 Å². The van der Waals surface area contributed by atoms with Crippen LogP contribution >= 0.6 is 0 Å². The molecule has 0 bridgehead atoms. The number of benzene rings is 2. The van der Waals surface area contributed by atoms with Crippen molar-refractivity contribution in [1.82, 2.24) is 24.4 Å². The maximum absolute atomic E-state index is 14.6. The summed E-state index contributed by atoms with van der Waals surface area (Å²) in [6.07, 6.45) is 0.820. The first-order chi connectivity index (χ1) is 17.7. The zero-order valence-electron chi connectivity index (χ0n) is 21.0. The summed E-state index contributed by atoms with van der Waals surface area (Å²) in [4.78, 5) is 29.0. The third-order valence-electron chi connectivity index (χ3n) is 5.94. The molecule has 1 fully saturated rings. The molecule has 11 heteroatoms. The van der Waals surface area contributed by atoms with E-state index >= 15 is 0 Å². The van der Waals surface area contributed by atoms with Gasteiger partial charge in [0.25, 0.3) is 0 Å². The number of nitrogens with two attached hydrogens (primary N) is 1. The predicted octanol–water partition coefficient (Wildman–Crippen LogP) is 4.34. The van der Waals surface area contributed by atoms with E-state index in [1.807, 2.05) is 69.3 Å². The Bertz CT molecular complexity index is 1420. The number of rotatable bonds is 4. The molecule has 2 aromatic heterocycles. The van der Waals surface area contributed by atoms with Crippen molar-refractivity contribution in [3.05, 3.63) is 60.5 Å². The second-order valence-corrected chi connectivity index (χ2v) is 9.79. The van der Waals surface area contributed by atoms with Crippen LogP contribution in [0, 0.1) is 5.82 Å². The average Bonchev–Trinajstić information content (AvgIpc) is 3.20. The van der Waals surface area contributed by atoms with Crippen LogP contribution in [0.5, 0.6) is 0 Å². The molecule has 1 aliphatic rings. The number of amides is 1. The summed E-state index contributed by atoms with van der Waals surface area (Å²) >= 11 is 0. The lowest BCUT2D eigenvalue weighted by molar-refractivity contribution is 0.0240. The lowest BCUT2D eigenvalue weighted by Crippen LogP contribution is -2.50. The van der Waals surface area contributed by atoms with Gasteiger partial charge in [0, 0.05) is 37.6 Å². The van der Waals surface area contributed by atoms with Crippen molar-refractivity contribution in [1.29, 1.82) is 0 Å². The molecular formula is C26H29FN8O2. The highest BCUT2D eigenvalue weighted by atomic mass is 19.1. The maximum Gasteiger partial charge on any atom is 0.410 e. The highest BCUT2D eigenvalue weighted by Crippen LogP contribution is 2.25. The number of piperazine rings is 1. The molecule has 0 saturated carbocycles. The zero-order valence-corrected chi connectivity index (χ0v) is 21.0. The first kappa shape index (κ1) is 24.3. The Kier molecular flexibility index (Phi) is 6.28. The molecule has 0 radical (unpaired) electrons. The lowest BCUT2D eigenvalue weighted by Gasteiger charge is -2.36.